The van der Waals surface area contributed by atoms with Crippen LogP contribution in [0, 0.1) is 5.92 Å². The van der Waals surface area contributed by atoms with Crippen LogP contribution < -0.4 is 10.2 Å². The number of halogens is 1. The number of rotatable bonds is 7. The Bertz CT molecular complexity index is 992. The Morgan fingerprint density at radius 2 is 1.87 bits per heavy atom. The second-order valence-corrected chi connectivity index (χ2v) is 7.28. The van der Waals surface area contributed by atoms with E-state index in [0.717, 1.165) is 0 Å². The first kappa shape index (κ1) is 22.3. The normalized spacial score (nSPS) is 15.5. The summed E-state index contributed by atoms with van der Waals surface area (Å²) in [6, 6.07) is 12.9. The first-order valence-corrected chi connectivity index (χ1v) is 10.0. The minimum Gasteiger partial charge on any atom is -0.462 e. The lowest BCUT2D eigenvalue weighted by molar-refractivity contribution is -0.151. The fraction of sp³-hybridized carbons (Fsp3) is 0.273. The summed E-state index contributed by atoms with van der Waals surface area (Å²) in [6.07, 6.45) is 0.00227. The van der Waals surface area contributed by atoms with Gasteiger partial charge in [-0.2, -0.15) is 0 Å². The van der Waals surface area contributed by atoms with Crippen LogP contribution in [0.4, 0.5) is 11.4 Å². The van der Waals surface area contributed by atoms with Crippen molar-refractivity contribution >= 4 is 46.7 Å². The van der Waals surface area contributed by atoms with Crippen LogP contribution in [0.1, 0.15) is 23.7 Å². The van der Waals surface area contributed by atoms with Gasteiger partial charge in [0.1, 0.15) is 0 Å². The molecule has 1 aliphatic rings. The van der Waals surface area contributed by atoms with E-state index in [1.54, 1.807) is 43.3 Å². The maximum atomic E-state index is 12.3. The summed E-state index contributed by atoms with van der Waals surface area (Å²) in [7, 11) is 0. The highest BCUT2D eigenvalue weighted by Crippen LogP contribution is 2.27. The van der Waals surface area contributed by atoms with Crippen molar-refractivity contribution in [1.82, 2.24) is 0 Å². The number of nitrogens with zero attached hydrogens (tertiary/aromatic N) is 1. The molecule has 3 rings (SSSR count). The van der Waals surface area contributed by atoms with Gasteiger partial charge in [0.25, 0.3) is 5.91 Å². The predicted octanol–water partition coefficient (Wildman–Crippen LogP) is 3.05. The number of carbonyl (C=O) groups is 4. The van der Waals surface area contributed by atoms with Gasteiger partial charge in [-0.15, -0.1) is 0 Å². The summed E-state index contributed by atoms with van der Waals surface area (Å²) >= 11 is 5.96. The van der Waals surface area contributed by atoms with Crippen molar-refractivity contribution < 1.29 is 28.7 Å². The highest BCUT2D eigenvalue weighted by Gasteiger charge is 2.36. The number of esters is 2. The maximum absolute atomic E-state index is 12.3. The summed E-state index contributed by atoms with van der Waals surface area (Å²) in [5.74, 6) is -2.48. The molecule has 1 saturated heterocycles. The first-order chi connectivity index (χ1) is 14.9. The third-order valence-corrected chi connectivity index (χ3v) is 4.84. The minimum atomic E-state index is -0.664. The van der Waals surface area contributed by atoms with Crippen molar-refractivity contribution in [3.05, 3.63) is 59.1 Å². The molecule has 0 spiro atoms. The molecule has 1 atom stereocenters. The average molecular weight is 445 g/mol. The molecule has 2 aromatic rings. The Hall–Kier alpha value is -3.39. The lowest BCUT2D eigenvalue weighted by Crippen LogP contribution is -2.28. The van der Waals surface area contributed by atoms with Crippen molar-refractivity contribution in [2.24, 2.45) is 5.92 Å². The zero-order chi connectivity index (χ0) is 22.4. The lowest BCUT2D eigenvalue weighted by Gasteiger charge is -2.16. The van der Waals surface area contributed by atoms with Gasteiger partial charge in [-0.05, 0) is 49.4 Å². The third kappa shape index (κ3) is 5.82. The van der Waals surface area contributed by atoms with Gasteiger partial charge in [0.2, 0.25) is 5.91 Å². The van der Waals surface area contributed by atoms with Gasteiger partial charge in [-0.1, -0.05) is 17.7 Å². The van der Waals surface area contributed by atoms with Gasteiger partial charge >= 0.3 is 11.9 Å². The van der Waals surface area contributed by atoms with Crippen LogP contribution in [0.3, 0.4) is 0 Å². The Labute approximate surface area is 184 Å². The number of ether oxygens (including phenoxy) is 2. The van der Waals surface area contributed by atoms with Gasteiger partial charge in [0.15, 0.2) is 6.61 Å². The monoisotopic (exact) mass is 444 g/mol. The maximum Gasteiger partial charge on any atom is 0.338 e. The van der Waals surface area contributed by atoms with Gasteiger partial charge in [-0.25, -0.2) is 4.79 Å². The zero-order valence-corrected chi connectivity index (χ0v) is 17.6. The number of benzene rings is 2. The highest BCUT2D eigenvalue weighted by atomic mass is 35.5. The van der Waals surface area contributed by atoms with E-state index in [-0.39, 0.29) is 25.5 Å². The summed E-state index contributed by atoms with van der Waals surface area (Å²) in [5.41, 5.74) is 1.41. The topological polar surface area (TPSA) is 102 Å². The molecule has 1 fully saturated rings. The van der Waals surface area contributed by atoms with Crippen LogP contribution >= 0.6 is 11.6 Å². The fourth-order valence-electron chi connectivity index (χ4n) is 3.11. The van der Waals surface area contributed by atoms with Gasteiger partial charge in [-0.3, -0.25) is 14.4 Å². The van der Waals surface area contributed by atoms with Crippen molar-refractivity contribution in [2.45, 2.75) is 13.3 Å². The minimum absolute atomic E-state index is 0.00227. The summed E-state index contributed by atoms with van der Waals surface area (Å²) in [4.78, 5) is 49.8. The Morgan fingerprint density at radius 1 is 1.13 bits per heavy atom. The molecule has 31 heavy (non-hydrogen) atoms. The van der Waals surface area contributed by atoms with Gasteiger partial charge < -0.3 is 19.7 Å². The molecule has 0 aromatic heterocycles. The number of nitrogens with one attached hydrogen (secondary N) is 1. The van der Waals surface area contributed by atoms with Crippen LogP contribution in [0.15, 0.2) is 48.5 Å². The number of anilines is 2. The van der Waals surface area contributed by atoms with E-state index in [9.17, 15) is 19.2 Å². The third-order valence-electron chi connectivity index (χ3n) is 4.60. The van der Waals surface area contributed by atoms with E-state index in [0.29, 0.717) is 22.0 Å². The quantitative estimate of drug-likeness (QED) is 0.658. The van der Waals surface area contributed by atoms with E-state index in [1.807, 2.05) is 0 Å². The predicted molar refractivity (Wildman–Crippen MR) is 114 cm³/mol. The molecule has 1 N–H and O–H groups in total. The first-order valence-electron chi connectivity index (χ1n) is 9.67. The molecule has 1 aliphatic heterocycles. The molecule has 0 aliphatic carbocycles. The van der Waals surface area contributed by atoms with E-state index in [2.05, 4.69) is 5.32 Å². The fourth-order valence-corrected chi connectivity index (χ4v) is 3.30. The van der Waals surface area contributed by atoms with Crippen molar-refractivity contribution in [3.8, 4) is 0 Å². The summed E-state index contributed by atoms with van der Waals surface area (Å²) in [6.45, 7) is 1.66. The molecule has 2 amide bonds. The van der Waals surface area contributed by atoms with Crippen LogP contribution in [0.25, 0.3) is 0 Å². The summed E-state index contributed by atoms with van der Waals surface area (Å²) < 4.78 is 9.97. The molecule has 162 valence electrons. The number of carbonyl (C=O) groups excluding carboxylic acids is 4. The smallest absolute Gasteiger partial charge is 0.338 e. The molecular weight excluding hydrogens is 424 g/mol. The molecule has 1 heterocycles. The molecule has 0 bridgehead atoms. The largest absolute Gasteiger partial charge is 0.462 e. The SMILES string of the molecule is CCOC(=O)c1ccc(NC(=O)COC(=O)[C@H]2CC(=O)N(c3cccc(Cl)c3)C2)cc1. The Balaban J connectivity index is 1.48. The van der Waals surface area contributed by atoms with E-state index in [1.165, 1.54) is 17.0 Å². The molecule has 8 nitrogen and oxygen atoms in total. The van der Waals surface area contributed by atoms with Crippen molar-refractivity contribution in [3.63, 3.8) is 0 Å². The standard InChI is InChI=1S/C22H21ClN2O6/c1-2-30-21(28)14-6-8-17(9-7-14)24-19(26)13-31-22(29)15-10-20(27)25(12-15)18-5-3-4-16(23)11-18/h3-9,11,15H,2,10,12-13H2,1H3,(H,24,26)/t15-/m0/s1. The highest BCUT2D eigenvalue weighted by molar-refractivity contribution is 6.31. The Morgan fingerprint density at radius 3 is 2.55 bits per heavy atom. The number of hydrogen-bond donors (Lipinski definition) is 1. The molecule has 9 heteroatoms. The number of amides is 2. The van der Waals surface area contributed by atoms with Gasteiger partial charge in [0, 0.05) is 29.4 Å². The second kappa shape index (κ2) is 10.1. The van der Waals surface area contributed by atoms with Crippen molar-refractivity contribution in [2.75, 3.05) is 30.0 Å². The van der Waals surface area contributed by atoms with E-state index in [4.69, 9.17) is 21.1 Å². The molecule has 2 aromatic carbocycles. The molecule has 0 saturated carbocycles. The molecule has 0 unspecified atom stereocenters. The molecular formula is C22H21ClN2O6. The lowest BCUT2D eigenvalue weighted by atomic mass is 10.1. The van der Waals surface area contributed by atoms with Crippen LogP contribution in [-0.2, 0) is 23.9 Å². The van der Waals surface area contributed by atoms with E-state index >= 15 is 0 Å². The summed E-state index contributed by atoms with van der Waals surface area (Å²) in [5, 5.41) is 3.06. The van der Waals surface area contributed by atoms with Crippen LogP contribution in [0.5, 0.6) is 0 Å². The second-order valence-electron chi connectivity index (χ2n) is 6.84. The number of hydrogen-bond acceptors (Lipinski definition) is 6. The average Bonchev–Trinajstić information content (AvgIpc) is 3.14. The van der Waals surface area contributed by atoms with Crippen molar-refractivity contribution in [1.29, 1.82) is 0 Å². The zero-order valence-electron chi connectivity index (χ0n) is 16.8. The Kier molecular flexibility index (Phi) is 7.25. The van der Waals surface area contributed by atoms with E-state index < -0.39 is 30.4 Å². The molecule has 0 radical (unpaired) electrons. The van der Waals surface area contributed by atoms with Gasteiger partial charge in [0.05, 0.1) is 18.1 Å². The van der Waals surface area contributed by atoms with Crippen LogP contribution in [0.2, 0.25) is 5.02 Å². The van der Waals surface area contributed by atoms with Crippen LogP contribution in [-0.4, -0.2) is 43.5 Å².